The quantitative estimate of drug-likeness (QED) is 0.257. The summed E-state index contributed by atoms with van der Waals surface area (Å²) in [5.41, 5.74) is 0. The van der Waals surface area contributed by atoms with E-state index in [1.165, 1.54) is 0 Å². The molecule has 0 heterocycles. The highest BCUT2D eigenvalue weighted by Gasteiger charge is 2.30. The van der Waals surface area contributed by atoms with E-state index in [0.29, 0.717) is 0 Å². The zero-order valence-corrected chi connectivity index (χ0v) is 15.1. The van der Waals surface area contributed by atoms with Crippen molar-refractivity contribution in [3.05, 3.63) is 24.3 Å². The SMILES string of the molecule is CC/C=C/C[C@@H](O)[C@@H](O)[C@H](CO)NC(=O)C(O)C(O)C/C=C\CCC. The molecule has 0 saturated heterocycles. The fourth-order valence-corrected chi connectivity index (χ4v) is 2.14. The van der Waals surface area contributed by atoms with E-state index in [9.17, 15) is 30.3 Å². The van der Waals surface area contributed by atoms with Crippen LogP contribution in [0.2, 0.25) is 0 Å². The number of aliphatic hydroxyl groups excluding tert-OH is 5. The lowest BCUT2D eigenvalue weighted by Gasteiger charge is -2.27. The molecule has 0 aromatic carbocycles. The van der Waals surface area contributed by atoms with Gasteiger partial charge >= 0.3 is 0 Å². The summed E-state index contributed by atoms with van der Waals surface area (Å²) in [6.07, 6.45) is 4.41. The first-order chi connectivity index (χ1) is 11.9. The van der Waals surface area contributed by atoms with Crippen molar-refractivity contribution in [3.8, 4) is 0 Å². The Labute approximate surface area is 149 Å². The standard InChI is InChI=1S/C18H33NO6/c1-3-5-7-9-11-15(22)17(24)18(25)19-13(12-20)16(23)14(21)10-8-6-4-2/h6-9,13-17,20-24H,3-5,10-12H2,1-2H3,(H,19,25)/b8-6+,9-7-/t13-,14+,15?,16-,17?/m0/s1. The van der Waals surface area contributed by atoms with E-state index >= 15 is 0 Å². The fraction of sp³-hybridized carbons (Fsp3) is 0.722. The maximum absolute atomic E-state index is 12.0. The van der Waals surface area contributed by atoms with E-state index in [1.54, 1.807) is 12.2 Å². The molecule has 0 aliphatic heterocycles. The number of aliphatic hydroxyl groups is 5. The molecule has 0 aliphatic rings. The molecule has 5 atom stereocenters. The Morgan fingerprint density at radius 3 is 2.12 bits per heavy atom. The predicted molar refractivity (Wildman–Crippen MR) is 95.8 cm³/mol. The van der Waals surface area contributed by atoms with E-state index in [4.69, 9.17) is 0 Å². The maximum Gasteiger partial charge on any atom is 0.251 e. The van der Waals surface area contributed by atoms with Crippen molar-refractivity contribution in [3.63, 3.8) is 0 Å². The summed E-state index contributed by atoms with van der Waals surface area (Å²) in [5, 5.41) is 51.2. The lowest BCUT2D eigenvalue weighted by molar-refractivity contribution is -0.137. The van der Waals surface area contributed by atoms with Gasteiger partial charge in [-0.15, -0.1) is 0 Å². The second-order valence-electron chi connectivity index (χ2n) is 5.98. The molecule has 0 aromatic heterocycles. The monoisotopic (exact) mass is 359 g/mol. The third kappa shape index (κ3) is 9.72. The molecule has 146 valence electrons. The summed E-state index contributed by atoms with van der Waals surface area (Å²) < 4.78 is 0. The van der Waals surface area contributed by atoms with Gasteiger partial charge in [0.05, 0.1) is 24.9 Å². The van der Waals surface area contributed by atoms with Crippen molar-refractivity contribution in [2.75, 3.05) is 6.61 Å². The Balaban J connectivity index is 4.56. The van der Waals surface area contributed by atoms with Gasteiger partial charge in [0.25, 0.3) is 5.91 Å². The van der Waals surface area contributed by atoms with Gasteiger partial charge in [-0.2, -0.15) is 0 Å². The molecular formula is C18H33NO6. The second kappa shape index (κ2) is 14.0. The molecule has 7 nitrogen and oxygen atoms in total. The molecule has 25 heavy (non-hydrogen) atoms. The minimum absolute atomic E-state index is 0.116. The van der Waals surface area contributed by atoms with Crippen LogP contribution in [0.1, 0.15) is 46.0 Å². The molecule has 6 N–H and O–H groups in total. The molecule has 0 radical (unpaired) electrons. The van der Waals surface area contributed by atoms with Crippen LogP contribution in [0.4, 0.5) is 0 Å². The summed E-state index contributed by atoms with van der Waals surface area (Å²) in [4.78, 5) is 12.0. The van der Waals surface area contributed by atoms with Gasteiger partial charge in [-0.05, 0) is 25.7 Å². The Morgan fingerprint density at radius 1 is 0.960 bits per heavy atom. The van der Waals surface area contributed by atoms with Gasteiger partial charge in [0.15, 0.2) is 6.10 Å². The van der Waals surface area contributed by atoms with Crippen molar-refractivity contribution < 1.29 is 30.3 Å². The van der Waals surface area contributed by atoms with Crippen LogP contribution in [0, 0.1) is 0 Å². The van der Waals surface area contributed by atoms with Crippen LogP contribution in [0.25, 0.3) is 0 Å². The molecule has 0 fully saturated rings. The molecule has 7 heteroatoms. The van der Waals surface area contributed by atoms with E-state index < -0.39 is 43.0 Å². The summed E-state index contributed by atoms with van der Waals surface area (Å²) >= 11 is 0. The molecule has 1 amide bonds. The van der Waals surface area contributed by atoms with E-state index in [1.807, 2.05) is 26.0 Å². The maximum atomic E-state index is 12.0. The average molecular weight is 359 g/mol. The molecule has 0 bridgehead atoms. The molecule has 2 unspecified atom stereocenters. The summed E-state index contributed by atoms with van der Waals surface area (Å²) in [5.74, 6) is -0.911. The zero-order chi connectivity index (χ0) is 19.2. The van der Waals surface area contributed by atoms with Crippen molar-refractivity contribution in [1.82, 2.24) is 5.32 Å². The Morgan fingerprint density at radius 2 is 1.56 bits per heavy atom. The Kier molecular flexibility index (Phi) is 13.3. The molecule has 0 saturated carbocycles. The molecule has 0 rings (SSSR count). The van der Waals surface area contributed by atoms with Crippen molar-refractivity contribution in [1.29, 1.82) is 0 Å². The Bertz CT molecular complexity index is 412. The van der Waals surface area contributed by atoms with Gasteiger partial charge in [0, 0.05) is 0 Å². The van der Waals surface area contributed by atoms with E-state index in [2.05, 4.69) is 5.32 Å². The summed E-state index contributed by atoms with van der Waals surface area (Å²) in [6.45, 7) is 3.33. The third-order valence-electron chi connectivity index (χ3n) is 3.74. The highest BCUT2D eigenvalue weighted by Crippen LogP contribution is 2.08. The van der Waals surface area contributed by atoms with Gasteiger partial charge in [-0.25, -0.2) is 0 Å². The number of carbonyl (C=O) groups is 1. The van der Waals surface area contributed by atoms with E-state index in [-0.39, 0.29) is 12.8 Å². The number of allylic oxidation sites excluding steroid dienone is 2. The molecular weight excluding hydrogens is 326 g/mol. The molecule has 0 aliphatic carbocycles. The lowest BCUT2D eigenvalue weighted by Crippen LogP contribution is -2.54. The fourth-order valence-electron chi connectivity index (χ4n) is 2.14. The van der Waals surface area contributed by atoms with Crippen LogP contribution in [0.5, 0.6) is 0 Å². The normalized spacial score (nSPS) is 18.2. The Hall–Kier alpha value is -1.25. The van der Waals surface area contributed by atoms with Gasteiger partial charge < -0.3 is 30.8 Å². The first-order valence-electron chi connectivity index (χ1n) is 8.82. The van der Waals surface area contributed by atoms with Gasteiger partial charge in [-0.3, -0.25) is 4.79 Å². The minimum Gasteiger partial charge on any atom is -0.394 e. The van der Waals surface area contributed by atoms with Crippen molar-refractivity contribution >= 4 is 5.91 Å². The van der Waals surface area contributed by atoms with Crippen LogP contribution < -0.4 is 5.32 Å². The topological polar surface area (TPSA) is 130 Å². The first-order valence-corrected chi connectivity index (χ1v) is 8.82. The van der Waals surface area contributed by atoms with Crippen LogP contribution in [-0.2, 0) is 4.79 Å². The van der Waals surface area contributed by atoms with Crippen molar-refractivity contribution in [2.24, 2.45) is 0 Å². The van der Waals surface area contributed by atoms with Crippen LogP contribution in [0.15, 0.2) is 24.3 Å². The zero-order valence-electron chi connectivity index (χ0n) is 15.1. The van der Waals surface area contributed by atoms with Gasteiger partial charge in [0.2, 0.25) is 0 Å². The molecule has 0 aromatic rings. The minimum atomic E-state index is -1.69. The number of hydrogen-bond acceptors (Lipinski definition) is 6. The number of unbranched alkanes of at least 4 members (excludes halogenated alkanes) is 1. The van der Waals surface area contributed by atoms with E-state index in [0.717, 1.165) is 19.3 Å². The highest BCUT2D eigenvalue weighted by atomic mass is 16.3. The van der Waals surface area contributed by atoms with Crippen LogP contribution in [-0.4, -0.2) is 68.5 Å². The predicted octanol–water partition coefficient (Wildman–Crippen LogP) is 0.00980. The second-order valence-corrected chi connectivity index (χ2v) is 5.98. The smallest absolute Gasteiger partial charge is 0.251 e. The van der Waals surface area contributed by atoms with Crippen LogP contribution in [0.3, 0.4) is 0 Å². The van der Waals surface area contributed by atoms with Crippen molar-refractivity contribution in [2.45, 2.75) is 76.4 Å². The third-order valence-corrected chi connectivity index (χ3v) is 3.74. The largest absolute Gasteiger partial charge is 0.394 e. The number of carbonyl (C=O) groups excluding carboxylic acids is 1. The summed E-state index contributed by atoms with van der Waals surface area (Å²) in [6, 6.07) is -1.14. The number of rotatable bonds is 13. The number of amides is 1. The first kappa shape index (κ1) is 23.8. The molecule has 0 spiro atoms. The van der Waals surface area contributed by atoms with Crippen LogP contribution >= 0.6 is 0 Å². The average Bonchev–Trinajstić information content (AvgIpc) is 2.61. The number of nitrogens with one attached hydrogen (secondary N) is 1. The number of hydrogen-bond donors (Lipinski definition) is 6. The van der Waals surface area contributed by atoms with Gasteiger partial charge in [0.1, 0.15) is 6.10 Å². The summed E-state index contributed by atoms with van der Waals surface area (Å²) in [7, 11) is 0. The highest BCUT2D eigenvalue weighted by molar-refractivity contribution is 5.81. The lowest BCUT2D eigenvalue weighted by atomic mass is 10.0. The van der Waals surface area contributed by atoms with Gasteiger partial charge in [-0.1, -0.05) is 44.6 Å².